The predicted molar refractivity (Wildman–Crippen MR) is 122 cm³/mol. The van der Waals surface area contributed by atoms with Crippen LogP contribution in [0.4, 0.5) is 0 Å². The quantitative estimate of drug-likeness (QED) is 0.474. The number of carbonyl (C=O) groups is 1. The van der Waals surface area contributed by atoms with E-state index in [4.69, 9.17) is 4.42 Å². The molecule has 2 N–H and O–H groups in total. The number of rotatable bonds is 12. The van der Waals surface area contributed by atoms with Crippen molar-refractivity contribution in [3.05, 3.63) is 66.4 Å². The second kappa shape index (κ2) is 11.4. The Morgan fingerprint density at radius 2 is 2.03 bits per heavy atom. The van der Waals surface area contributed by atoms with Gasteiger partial charge in [0.05, 0.1) is 18.4 Å². The van der Waals surface area contributed by atoms with Crippen molar-refractivity contribution in [2.24, 2.45) is 5.92 Å². The van der Waals surface area contributed by atoms with Crippen LogP contribution in [0.2, 0.25) is 0 Å². The predicted octanol–water partition coefficient (Wildman–Crippen LogP) is 3.13. The molecule has 0 spiro atoms. The number of hydrogen-bond acceptors (Lipinski definition) is 5. The van der Waals surface area contributed by atoms with Gasteiger partial charge in [-0.25, -0.2) is 8.42 Å². The maximum Gasteiger partial charge on any atom is 0.276 e. The molecule has 0 saturated heterocycles. The van der Waals surface area contributed by atoms with E-state index in [1.54, 1.807) is 0 Å². The Morgan fingerprint density at radius 3 is 2.66 bits per heavy atom. The number of furan rings is 1. The molecule has 0 aliphatic heterocycles. The monoisotopic (exact) mass is 460 g/mol. The van der Waals surface area contributed by atoms with E-state index in [1.165, 1.54) is 22.7 Å². The first kappa shape index (κ1) is 24.2. The molecular weight excluding hydrogens is 428 g/mol. The molecule has 1 aliphatic rings. The van der Waals surface area contributed by atoms with Gasteiger partial charge in [0.2, 0.25) is 11.0 Å². The molecule has 1 aromatic carbocycles. The second-order valence-corrected chi connectivity index (χ2v) is 10.1. The number of nitrogens with one attached hydrogen (secondary N) is 1. The highest BCUT2D eigenvalue weighted by Crippen LogP contribution is 2.21. The molecule has 174 valence electrons. The summed E-state index contributed by atoms with van der Waals surface area (Å²) in [6.07, 6.45) is 7.62. The first-order valence-electron chi connectivity index (χ1n) is 11.1. The van der Waals surface area contributed by atoms with Crippen molar-refractivity contribution in [2.45, 2.75) is 56.3 Å². The Morgan fingerprint density at radius 1 is 1.25 bits per heavy atom. The minimum atomic E-state index is -3.88. The molecule has 1 amide bonds. The Bertz CT molecular complexity index is 973. The van der Waals surface area contributed by atoms with Crippen LogP contribution in [0.3, 0.4) is 0 Å². The minimum Gasteiger partial charge on any atom is -0.452 e. The van der Waals surface area contributed by atoms with Crippen molar-refractivity contribution in [3.8, 4) is 0 Å². The SMILES string of the molecule is CCCN(CC(O)C(Cc1ccccc1)NC(=O)CC1C=CCC1)S(=O)(=O)c1ccco1. The molecule has 3 unspecified atom stereocenters. The third-order valence-corrected chi connectivity index (χ3v) is 7.37. The summed E-state index contributed by atoms with van der Waals surface area (Å²) in [6.45, 7) is 1.96. The molecule has 0 bridgehead atoms. The maximum atomic E-state index is 13.0. The average molecular weight is 461 g/mol. The number of hydrogen-bond donors (Lipinski definition) is 2. The van der Waals surface area contributed by atoms with Gasteiger partial charge in [-0.15, -0.1) is 0 Å². The van der Waals surface area contributed by atoms with Gasteiger partial charge in [-0.1, -0.05) is 49.4 Å². The zero-order valence-corrected chi connectivity index (χ0v) is 19.2. The van der Waals surface area contributed by atoms with Gasteiger partial charge in [0.15, 0.2) is 0 Å². The van der Waals surface area contributed by atoms with Crippen LogP contribution in [0.15, 0.2) is 70.4 Å². The van der Waals surface area contributed by atoms with E-state index in [0.29, 0.717) is 19.3 Å². The summed E-state index contributed by atoms with van der Waals surface area (Å²) < 4.78 is 32.3. The van der Waals surface area contributed by atoms with Gasteiger partial charge in [-0.2, -0.15) is 4.31 Å². The average Bonchev–Trinajstić information content (AvgIpc) is 3.48. The summed E-state index contributed by atoms with van der Waals surface area (Å²) in [7, 11) is -3.88. The van der Waals surface area contributed by atoms with Gasteiger partial charge in [0.25, 0.3) is 10.0 Å². The smallest absolute Gasteiger partial charge is 0.276 e. The van der Waals surface area contributed by atoms with Gasteiger partial charge in [-0.05, 0) is 49.3 Å². The first-order chi connectivity index (χ1) is 15.4. The summed E-state index contributed by atoms with van der Waals surface area (Å²) in [5.74, 6) is 0.0675. The largest absolute Gasteiger partial charge is 0.452 e. The summed E-state index contributed by atoms with van der Waals surface area (Å²) in [6, 6.07) is 11.8. The lowest BCUT2D eigenvalue weighted by molar-refractivity contribution is -0.123. The number of benzene rings is 1. The summed E-state index contributed by atoms with van der Waals surface area (Å²) in [5.41, 5.74) is 0.952. The van der Waals surface area contributed by atoms with Gasteiger partial charge in [0.1, 0.15) is 0 Å². The van der Waals surface area contributed by atoms with Crippen LogP contribution >= 0.6 is 0 Å². The van der Waals surface area contributed by atoms with Crippen LogP contribution in [0, 0.1) is 5.92 Å². The van der Waals surface area contributed by atoms with Crippen LogP contribution in [0.25, 0.3) is 0 Å². The number of carbonyl (C=O) groups excluding carboxylic acids is 1. The highest BCUT2D eigenvalue weighted by atomic mass is 32.2. The Kier molecular flexibility index (Phi) is 8.67. The van der Waals surface area contributed by atoms with Crippen LogP contribution < -0.4 is 5.32 Å². The lowest BCUT2D eigenvalue weighted by atomic mass is 9.99. The van der Waals surface area contributed by atoms with E-state index in [-0.39, 0.29) is 30.0 Å². The van der Waals surface area contributed by atoms with E-state index in [1.807, 2.05) is 37.3 Å². The standard InChI is InChI=1S/C24H32N2O5S/c1-2-14-26(32(29,30)24-13-8-15-31-24)18-22(27)21(16-19-9-4-3-5-10-19)25-23(28)17-20-11-6-7-12-20/h3-6,8-11,13,15,20-22,27H,2,7,12,14,16-18H2,1H3,(H,25,28). The molecule has 8 heteroatoms. The van der Waals surface area contributed by atoms with Crippen LogP contribution in [0.5, 0.6) is 0 Å². The molecule has 0 radical (unpaired) electrons. The van der Waals surface area contributed by atoms with Gasteiger partial charge in [-0.3, -0.25) is 4.79 Å². The second-order valence-electron chi connectivity index (χ2n) is 8.20. The third-order valence-electron chi connectivity index (χ3n) is 5.62. The van der Waals surface area contributed by atoms with E-state index >= 15 is 0 Å². The fraction of sp³-hybridized carbons (Fsp3) is 0.458. The highest BCUT2D eigenvalue weighted by Gasteiger charge is 2.32. The maximum absolute atomic E-state index is 13.0. The molecule has 0 saturated carbocycles. The zero-order valence-electron chi connectivity index (χ0n) is 18.4. The number of nitrogens with zero attached hydrogens (tertiary/aromatic N) is 1. The first-order valence-corrected chi connectivity index (χ1v) is 12.6. The molecule has 1 aromatic heterocycles. The number of aliphatic hydroxyl groups is 1. The van der Waals surface area contributed by atoms with Gasteiger partial charge >= 0.3 is 0 Å². The molecular formula is C24H32N2O5S. The highest BCUT2D eigenvalue weighted by molar-refractivity contribution is 7.89. The lowest BCUT2D eigenvalue weighted by Gasteiger charge is -2.29. The van der Waals surface area contributed by atoms with Crippen molar-refractivity contribution >= 4 is 15.9 Å². The number of allylic oxidation sites excluding steroid dienone is 2. The van der Waals surface area contributed by atoms with Crippen molar-refractivity contribution in [1.29, 1.82) is 0 Å². The van der Waals surface area contributed by atoms with Crippen LogP contribution in [-0.4, -0.2) is 49.0 Å². The molecule has 1 aliphatic carbocycles. The summed E-state index contributed by atoms with van der Waals surface area (Å²) >= 11 is 0. The van der Waals surface area contributed by atoms with Crippen molar-refractivity contribution in [3.63, 3.8) is 0 Å². The van der Waals surface area contributed by atoms with E-state index in [2.05, 4.69) is 17.5 Å². The molecule has 7 nitrogen and oxygen atoms in total. The van der Waals surface area contributed by atoms with Crippen molar-refractivity contribution in [2.75, 3.05) is 13.1 Å². The Balaban J connectivity index is 1.75. The van der Waals surface area contributed by atoms with E-state index < -0.39 is 22.2 Å². The third kappa shape index (κ3) is 6.54. The molecule has 1 heterocycles. The fourth-order valence-electron chi connectivity index (χ4n) is 3.95. The summed E-state index contributed by atoms with van der Waals surface area (Å²) in [5, 5.41) is 13.9. The molecule has 0 fully saturated rings. The number of aliphatic hydroxyl groups excluding tert-OH is 1. The van der Waals surface area contributed by atoms with Gasteiger partial charge < -0.3 is 14.8 Å². The Labute approximate surface area is 190 Å². The normalized spacial score (nSPS) is 18.0. The molecule has 2 aromatic rings. The number of amides is 1. The Hall–Kier alpha value is -2.42. The summed E-state index contributed by atoms with van der Waals surface area (Å²) in [4.78, 5) is 12.7. The van der Waals surface area contributed by atoms with E-state index in [9.17, 15) is 18.3 Å². The lowest BCUT2D eigenvalue weighted by Crippen LogP contribution is -2.50. The molecule has 3 rings (SSSR count). The van der Waals surface area contributed by atoms with Crippen LogP contribution in [-0.2, 0) is 21.2 Å². The number of sulfonamides is 1. The minimum absolute atomic E-state index is 0.141. The zero-order chi connectivity index (χ0) is 23.0. The van der Waals surface area contributed by atoms with Gasteiger partial charge in [0, 0.05) is 19.5 Å². The molecule has 3 atom stereocenters. The van der Waals surface area contributed by atoms with E-state index in [0.717, 1.165) is 18.4 Å². The van der Waals surface area contributed by atoms with Crippen molar-refractivity contribution < 1.29 is 22.7 Å². The van der Waals surface area contributed by atoms with Crippen LogP contribution in [0.1, 0.15) is 38.2 Å². The fourth-order valence-corrected chi connectivity index (χ4v) is 5.41. The topological polar surface area (TPSA) is 99.9 Å². The molecule has 32 heavy (non-hydrogen) atoms. The van der Waals surface area contributed by atoms with Crippen molar-refractivity contribution in [1.82, 2.24) is 9.62 Å².